The molecule has 4 heterocycles. The Labute approximate surface area is 169 Å². The number of nitrogen functional groups attached to an aromatic ring is 1. The van der Waals surface area contributed by atoms with Crippen molar-refractivity contribution in [2.75, 3.05) is 52.2 Å². The first-order chi connectivity index (χ1) is 14.3. The summed E-state index contributed by atoms with van der Waals surface area (Å²) in [5, 5.41) is 0. The molecule has 0 aliphatic carbocycles. The minimum absolute atomic E-state index is 0.00613. The molecule has 1 amide bonds. The van der Waals surface area contributed by atoms with E-state index in [1.165, 1.54) is 11.0 Å². The van der Waals surface area contributed by atoms with E-state index in [9.17, 15) is 18.0 Å². The van der Waals surface area contributed by atoms with Gasteiger partial charge in [-0.25, -0.2) is 19.8 Å². The summed E-state index contributed by atoms with van der Waals surface area (Å²) in [4.78, 5) is 28.9. The monoisotopic (exact) mass is 427 g/mol. The highest BCUT2D eigenvalue weighted by molar-refractivity contribution is 6.10. The minimum Gasteiger partial charge on any atom is -0.447 e. The van der Waals surface area contributed by atoms with E-state index in [0.29, 0.717) is 32.1 Å². The Balaban J connectivity index is 1.81. The van der Waals surface area contributed by atoms with Gasteiger partial charge in [0.25, 0.3) is 0 Å². The molecule has 3 aliphatic rings. The van der Waals surface area contributed by atoms with Crippen LogP contribution >= 0.6 is 0 Å². The second kappa shape index (κ2) is 7.72. The third-order valence-corrected chi connectivity index (χ3v) is 4.99. The number of nitrogens with two attached hydrogens (primary N) is 1. The minimum atomic E-state index is -4.76. The molecule has 0 bridgehead atoms. The van der Waals surface area contributed by atoms with Crippen molar-refractivity contribution in [2.24, 2.45) is 4.99 Å². The molecule has 1 atom stereocenters. The van der Waals surface area contributed by atoms with Crippen LogP contribution < -0.4 is 5.73 Å². The molecular formula is C17H20F3N7O3. The van der Waals surface area contributed by atoms with E-state index in [0.717, 1.165) is 6.20 Å². The lowest BCUT2D eigenvalue weighted by atomic mass is 10.1. The van der Waals surface area contributed by atoms with Gasteiger partial charge in [-0.05, 0) is 0 Å². The fraction of sp³-hybridized carbons (Fsp3) is 0.529. The third kappa shape index (κ3) is 3.77. The van der Waals surface area contributed by atoms with Crippen LogP contribution in [-0.4, -0.2) is 89.3 Å². The molecule has 4 rings (SSSR count). The van der Waals surface area contributed by atoms with Crippen LogP contribution in [0.5, 0.6) is 0 Å². The number of allylic oxidation sites excluding steroid dienone is 1. The summed E-state index contributed by atoms with van der Waals surface area (Å²) in [5.74, 6) is -0.111. The number of halogens is 3. The first-order valence-corrected chi connectivity index (χ1v) is 9.24. The molecule has 1 aromatic heterocycles. The SMILES string of the molecule is CN1C(N2CCOC2=O)=CC(c2cnc(N)nc2C(F)(F)F)=NC1N1CCOCC1. The highest BCUT2D eigenvalue weighted by Crippen LogP contribution is 2.33. The number of aliphatic imine (C=N–C) groups is 1. The number of hydrogen-bond acceptors (Lipinski definition) is 9. The maximum atomic E-state index is 13.6. The number of rotatable bonds is 3. The molecule has 2 N–H and O–H groups in total. The number of carbonyl (C=O) groups is 1. The van der Waals surface area contributed by atoms with Gasteiger partial charge < -0.3 is 20.1 Å². The number of ether oxygens (including phenoxy) is 2. The van der Waals surface area contributed by atoms with Crippen molar-refractivity contribution in [3.63, 3.8) is 0 Å². The zero-order chi connectivity index (χ0) is 21.5. The van der Waals surface area contributed by atoms with Crippen LogP contribution in [0.25, 0.3) is 0 Å². The number of morpholine rings is 1. The molecule has 0 radical (unpaired) electrons. The summed E-state index contributed by atoms with van der Waals surface area (Å²) in [6.07, 6.45) is -3.56. The first kappa shape index (κ1) is 20.3. The number of hydrogen-bond donors (Lipinski definition) is 1. The van der Waals surface area contributed by atoms with Crippen LogP contribution in [0, 0.1) is 0 Å². The highest BCUT2D eigenvalue weighted by atomic mass is 19.4. The lowest BCUT2D eigenvalue weighted by Crippen LogP contribution is -2.53. The van der Waals surface area contributed by atoms with E-state index in [1.54, 1.807) is 11.9 Å². The number of cyclic esters (lactones) is 1. The Morgan fingerprint density at radius 3 is 2.57 bits per heavy atom. The van der Waals surface area contributed by atoms with Gasteiger partial charge in [0, 0.05) is 38.0 Å². The zero-order valence-corrected chi connectivity index (χ0v) is 16.1. The van der Waals surface area contributed by atoms with Crippen molar-refractivity contribution in [1.29, 1.82) is 0 Å². The number of carbonyl (C=O) groups excluding carboxylic acids is 1. The van der Waals surface area contributed by atoms with E-state index in [-0.39, 0.29) is 24.4 Å². The van der Waals surface area contributed by atoms with Gasteiger partial charge >= 0.3 is 12.3 Å². The summed E-state index contributed by atoms with van der Waals surface area (Å²) in [6, 6.07) is 0. The Morgan fingerprint density at radius 2 is 1.93 bits per heavy atom. The molecule has 2 fully saturated rings. The standard InChI is InChI=1S/C17H20F3N7O3/c1-25-12(27-4-7-30-16(27)28)8-11(23-15(25)26-2-5-29-6-3-26)10-9-22-14(21)24-13(10)17(18,19)20/h8-9,15H,2-7H2,1H3,(H2,21,22,24). The van der Waals surface area contributed by atoms with Crippen molar-refractivity contribution < 1.29 is 27.4 Å². The number of alkyl halides is 3. The van der Waals surface area contributed by atoms with E-state index in [4.69, 9.17) is 15.2 Å². The van der Waals surface area contributed by atoms with E-state index in [1.807, 2.05) is 4.90 Å². The topological polar surface area (TPSA) is 109 Å². The summed E-state index contributed by atoms with van der Waals surface area (Å²) < 4.78 is 51.3. The molecule has 1 aromatic rings. The fourth-order valence-electron chi connectivity index (χ4n) is 3.54. The Bertz CT molecular complexity index is 899. The molecule has 1 unspecified atom stereocenters. The van der Waals surface area contributed by atoms with Crippen LogP contribution in [-0.2, 0) is 15.7 Å². The van der Waals surface area contributed by atoms with Gasteiger partial charge in [-0.1, -0.05) is 0 Å². The van der Waals surface area contributed by atoms with Crippen LogP contribution in [0.1, 0.15) is 11.3 Å². The molecule has 2 saturated heterocycles. The van der Waals surface area contributed by atoms with Crippen molar-refractivity contribution in [2.45, 2.75) is 12.5 Å². The van der Waals surface area contributed by atoms with Crippen LogP contribution in [0.15, 0.2) is 23.1 Å². The molecule has 0 aromatic carbocycles. The second-order valence-corrected chi connectivity index (χ2v) is 6.88. The lowest BCUT2D eigenvalue weighted by Gasteiger charge is -2.42. The Hall–Kier alpha value is -2.93. The first-order valence-electron chi connectivity index (χ1n) is 9.24. The van der Waals surface area contributed by atoms with Gasteiger partial charge in [-0.15, -0.1) is 0 Å². The summed E-state index contributed by atoms with van der Waals surface area (Å²) >= 11 is 0. The normalized spacial score (nSPS) is 23.3. The van der Waals surface area contributed by atoms with Crippen molar-refractivity contribution in [3.05, 3.63) is 29.4 Å². The van der Waals surface area contributed by atoms with Crippen molar-refractivity contribution in [3.8, 4) is 0 Å². The Kier molecular flexibility index (Phi) is 5.24. The maximum absolute atomic E-state index is 13.6. The fourth-order valence-corrected chi connectivity index (χ4v) is 3.54. The molecule has 3 aliphatic heterocycles. The highest BCUT2D eigenvalue weighted by Gasteiger charge is 2.40. The molecule has 162 valence electrons. The average Bonchev–Trinajstić information content (AvgIpc) is 3.14. The maximum Gasteiger partial charge on any atom is 0.434 e. The molecule has 0 spiro atoms. The molecule has 30 heavy (non-hydrogen) atoms. The van der Waals surface area contributed by atoms with E-state index in [2.05, 4.69) is 15.0 Å². The van der Waals surface area contributed by atoms with Gasteiger partial charge in [0.05, 0.1) is 25.5 Å². The van der Waals surface area contributed by atoms with Crippen LogP contribution in [0.4, 0.5) is 23.9 Å². The van der Waals surface area contributed by atoms with Gasteiger partial charge in [0.15, 0.2) is 12.0 Å². The second-order valence-electron chi connectivity index (χ2n) is 6.88. The number of nitrogens with zero attached hydrogens (tertiary/aromatic N) is 6. The predicted octanol–water partition coefficient (Wildman–Crippen LogP) is 0.721. The van der Waals surface area contributed by atoms with Crippen molar-refractivity contribution >= 4 is 17.8 Å². The number of amides is 1. The van der Waals surface area contributed by atoms with E-state index < -0.39 is 30.2 Å². The van der Waals surface area contributed by atoms with Gasteiger partial charge in [-0.3, -0.25) is 9.80 Å². The molecule has 13 heteroatoms. The number of aromatic nitrogens is 2. The largest absolute Gasteiger partial charge is 0.447 e. The molecular weight excluding hydrogens is 407 g/mol. The smallest absolute Gasteiger partial charge is 0.434 e. The predicted molar refractivity (Wildman–Crippen MR) is 98.1 cm³/mol. The van der Waals surface area contributed by atoms with Gasteiger partial charge in [-0.2, -0.15) is 13.2 Å². The lowest BCUT2D eigenvalue weighted by molar-refractivity contribution is -0.141. The molecule has 0 saturated carbocycles. The average molecular weight is 427 g/mol. The van der Waals surface area contributed by atoms with Crippen LogP contribution in [0.2, 0.25) is 0 Å². The van der Waals surface area contributed by atoms with Gasteiger partial charge in [0.2, 0.25) is 5.95 Å². The third-order valence-electron chi connectivity index (χ3n) is 4.99. The zero-order valence-electron chi connectivity index (χ0n) is 16.1. The Morgan fingerprint density at radius 1 is 1.20 bits per heavy atom. The van der Waals surface area contributed by atoms with E-state index >= 15 is 0 Å². The quantitative estimate of drug-likeness (QED) is 0.752. The summed E-state index contributed by atoms with van der Waals surface area (Å²) in [6.45, 7) is 2.49. The number of anilines is 1. The molecule has 10 nitrogen and oxygen atoms in total. The van der Waals surface area contributed by atoms with Crippen LogP contribution in [0.3, 0.4) is 0 Å². The van der Waals surface area contributed by atoms with Gasteiger partial charge in [0.1, 0.15) is 12.4 Å². The van der Waals surface area contributed by atoms with Crippen molar-refractivity contribution in [1.82, 2.24) is 24.7 Å². The summed E-state index contributed by atoms with van der Waals surface area (Å²) in [7, 11) is 1.72. The summed E-state index contributed by atoms with van der Waals surface area (Å²) in [5.41, 5.74) is 3.90.